The van der Waals surface area contributed by atoms with Crippen LogP contribution in [0.2, 0.25) is 0 Å². The van der Waals surface area contributed by atoms with Crippen LogP contribution in [-0.2, 0) is 22.2 Å². The Morgan fingerprint density at radius 1 is 1.11 bits per heavy atom. The van der Waals surface area contributed by atoms with Crippen molar-refractivity contribution in [2.24, 2.45) is 16.8 Å². The second kappa shape index (κ2) is 11.4. The van der Waals surface area contributed by atoms with E-state index in [0.717, 1.165) is 17.2 Å². The smallest absolute Gasteiger partial charge is 0.334 e. The summed E-state index contributed by atoms with van der Waals surface area (Å²) in [6.07, 6.45) is -1.89. The van der Waals surface area contributed by atoms with Gasteiger partial charge >= 0.3 is 6.18 Å². The van der Waals surface area contributed by atoms with Gasteiger partial charge in [-0.1, -0.05) is 29.8 Å². The number of rotatable bonds is 5. The molecular formula is C32H32BrF3N6O3. The van der Waals surface area contributed by atoms with Crippen molar-refractivity contribution in [1.29, 1.82) is 0 Å². The summed E-state index contributed by atoms with van der Waals surface area (Å²) in [5.74, 6) is 0.209. The van der Waals surface area contributed by atoms with Gasteiger partial charge in [-0.05, 0) is 68.1 Å². The van der Waals surface area contributed by atoms with Crippen LogP contribution < -0.4 is 4.90 Å². The van der Waals surface area contributed by atoms with Gasteiger partial charge in [-0.3, -0.25) is 29.2 Å². The van der Waals surface area contributed by atoms with Crippen LogP contribution in [-0.4, -0.2) is 69.3 Å². The number of benzene rings is 2. The van der Waals surface area contributed by atoms with E-state index in [0.29, 0.717) is 30.2 Å². The van der Waals surface area contributed by atoms with Crippen LogP contribution in [0.5, 0.6) is 0 Å². The molecule has 3 aliphatic rings. The highest BCUT2D eigenvalue weighted by Crippen LogP contribution is 2.45. The Kier molecular flexibility index (Phi) is 7.87. The van der Waals surface area contributed by atoms with Gasteiger partial charge in [-0.2, -0.15) is 18.3 Å². The molecule has 6 rings (SSSR count). The van der Waals surface area contributed by atoms with Crippen LogP contribution in [0.25, 0.3) is 0 Å². The number of anilines is 2. The molecule has 1 fully saturated rings. The standard InChI is InChI=1S/C32H32BrF3N6O3/c1-17(2)11-21-14-38-42-26-16-40(30(44)20-7-10-25(33)24(13-20)32(34,35)36)18(3)12-23(26)31(45)41(29(21)42)22-8-5-19(6-9-22)28-37-15-27(43)39(28)4/h5-10,13-14,17-18,23,26H,11-12,15-16H2,1-4H3/t18-,23?,26?/m1/s1. The molecule has 3 amide bonds. The van der Waals surface area contributed by atoms with Crippen LogP contribution in [0.3, 0.4) is 0 Å². The number of hydrogen-bond acceptors (Lipinski definition) is 5. The molecule has 3 aromatic rings. The number of hydrogen-bond donors (Lipinski definition) is 0. The summed E-state index contributed by atoms with van der Waals surface area (Å²) in [5, 5.41) is 4.72. The lowest BCUT2D eigenvalue weighted by molar-refractivity contribution is -0.138. The summed E-state index contributed by atoms with van der Waals surface area (Å²) >= 11 is 2.94. The monoisotopic (exact) mass is 684 g/mol. The molecule has 1 aromatic heterocycles. The number of nitrogens with zero attached hydrogens (tertiary/aromatic N) is 6. The minimum absolute atomic E-state index is 0.0694. The van der Waals surface area contributed by atoms with Crippen molar-refractivity contribution in [2.75, 3.05) is 25.0 Å². The molecule has 0 saturated carbocycles. The SMILES string of the molecule is CC(C)Cc1cnn2c1N(c1ccc(C3=NCC(=O)N3C)cc1)C(=O)C1C[C@@H](C)N(C(=O)c3ccc(Br)c(C(F)(F)F)c3)CC12. The third-order valence-corrected chi connectivity index (χ3v) is 9.42. The second-order valence-corrected chi connectivity index (χ2v) is 13.1. The first-order chi connectivity index (χ1) is 21.3. The number of aromatic nitrogens is 2. The van der Waals surface area contributed by atoms with Gasteiger partial charge in [0.2, 0.25) is 11.8 Å². The molecule has 1 saturated heterocycles. The van der Waals surface area contributed by atoms with Crippen molar-refractivity contribution < 1.29 is 27.6 Å². The Morgan fingerprint density at radius 3 is 2.44 bits per heavy atom. The van der Waals surface area contributed by atoms with E-state index in [4.69, 9.17) is 5.10 Å². The highest BCUT2D eigenvalue weighted by Gasteiger charge is 2.48. The van der Waals surface area contributed by atoms with Crippen molar-refractivity contribution >= 4 is 51.0 Å². The Balaban J connectivity index is 1.36. The number of fused-ring (bicyclic) bond motifs is 3. The van der Waals surface area contributed by atoms with Crippen LogP contribution in [0, 0.1) is 11.8 Å². The average molecular weight is 686 g/mol. The van der Waals surface area contributed by atoms with Crippen LogP contribution in [0.1, 0.15) is 60.3 Å². The number of aliphatic imine (C=N–C) groups is 1. The fraction of sp³-hybridized carbons (Fsp3) is 0.406. The molecule has 13 heteroatoms. The first-order valence-corrected chi connectivity index (χ1v) is 15.5. The van der Waals surface area contributed by atoms with Gasteiger partial charge < -0.3 is 4.90 Å². The van der Waals surface area contributed by atoms with Crippen molar-refractivity contribution in [2.45, 2.75) is 51.9 Å². The highest BCUT2D eigenvalue weighted by atomic mass is 79.9. The van der Waals surface area contributed by atoms with Gasteiger partial charge in [0.15, 0.2) is 0 Å². The summed E-state index contributed by atoms with van der Waals surface area (Å²) in [5.41, 5.74) is 1.29. The van der Waals surface area contributed by atoms with E-state index in [-0.39, 0.29) is 40.9 Å². The number of piperidine rings is 1. The van der Waals surface area contributed by atoms with E-state index in [1.807, 2.05) is 31.2 Å². The summed E-state index contributed by atoms with van der Waals surface area (Å²) in [6.45, 7) is 6.19. The lowest BCUT2D eigenvalue weighted by atomic mass is 9.84. The lowest BCUT2D eigenvalue weighted by Gasteiger charge is -2.47. The summed E-state index contributed by atoms with van der Waals surface area (Å²) in [6, 6.07) is 9.91. The molecule has 2 unspecified atom stereocenters. The molecule has 236 valence electrons. The molecule has 4 heterocycles. The Morgan fingerprint density at radius 2 is 1.82 bits per heavy atom. The zero-order chi connectivity index (χ0) is 32.4. The van der Waals surface area contributed by atoms with Gasteiger partial charge in [0.05, 0.1) is 29.4 Å². The molecule has 3 aliphatic heterocycles. The number of amidine groups is 1. The molecule has 9 nitrogen and oxygen atoms in total. The number of halogens is 4. The van der Waals surface area contributed by atoms with E-state index in [9.17, 15) is 27.6 Å². The largest absolute Gasteiger partial charge is 0.417 e. The maximum absolute atomic E-state index is 14.4. The summed E-state index contributed by atoms with van der Waals surface area (Å²) in [7, 11) is 1.68. The molecule has 0 spiro atoms. The maximum atomic E-state index is 14.4. The molecule has 45 heavy (non-hydrogen) atoms. The fourth-order valence-corrected chi connectivity index (χ4v) is 6.97. The second-order valence-electron chi connectivity index (χ2n) is 12.3. The average Bonchev–Trinajstić information content (AvgIpc) is 3.54. The van der Waals surface area contributed by atoms with Crippen LogP contribution in [0.15, 0.2) is 58.1 Å². The summed E-state index contributed by atoms with van der Waals surface area (Å²) in [4.78, 5) is 49.1. The minimum atomic E-state index is -4.63. The zero-order valence-electron chi connectivity index (χ0n) is 25.2. The number of amides is 3. The van der Waals surface area contributed by atoms with Crippen molar-refractivity contribution in [3.8, 4) is 0 Å². The predicted octanol–water partition coefficient (Wildman–Crippen LogP) is 5.85. The van der Waals surface area contributed by atoms with Gasteiger partial charge in [-0.25, -0.2) is 4.68 Å². The quantitative estimate of drug-likeness (QED) is 0.337. The number of carbonyl (C=O) groups excluding carboxylic acids is 3. The number of carbonyl (C=O) groups is 3. The molecule has 0 N–H and O–H groups in total. The van der Waals surface area contributed by atoms with Gasteiger partial charge in [-0.15, -0.1) is 0 Å². The van der Waals surface area contributed by atoms with E-state index in [2.05, 4.69) is 34.8 Å². The topological polar surface area (TPSA) is 91.1 Å². The molecule has 0 radical (unpaired) electrons. The highest BCUT2D eigenvalue weighted by molar-refractivity contribution is 9.10. The third kappa shape index (κ3) is 5.44. The fourth-order valence-electron chi connectivity index (χ4n) is 6.50. The minimum Gasteiger partial charge on any atom is -0.334 e. The number of likely N-dealkylation sites (tertiary alicyclic amines) is 1. The molecule has 0 bridgehead atoms. The van der Waals surface area contributed by atoms with E-state index in [1.165, 1.54) is 17.0 Å². The van der Waals surface area contributed by atoms with Gasteiger partial charge in [0, 0.05) is 40.8 Å². The van der Waals surface area contributed by atoms with E-state index >= 15 is 0 Å². The third-order valence-electron chi connectivity index (χ3n) is 8.73. The Bertz CT molecular complexity index is 1720. The molecule has 0 aliphatic carbocycles. The molecular weight excluding hydrogens is 653 g/mol. The zero-order valence-corrected chi connectivity index (χ0v) is 26.8. The van der Waals surface area contributed by atoms with E-state index in [1.54, 1.807) is 27.7 Å². The Labute approximate surface area is 266 Å². The van der Waals surface area contributed by atoms with Crippen molar-refractivity contribution in [3.63, 3.8) is 0 Å². The predicted molar refractivity (Wildman–Crippen MR) is 165 cm³/mol. The Hall–Kier alpha value is -4.00. The maximum Gasteiger partial charge on any atom is 0.417 e. The van der Waals surface area contributed by atoms with Crippen LogP contribution in [0.4, 0.5) is 24.7 Å². The first-order valence-electron chi connectivity index (χ1n) is 14.8. The lowest BCUT2D eigenvalue weighted by Crippen LogP contribution is -2.56. The molecule has 3 atom stereocenters. The number of likely N-dealkylation sites (N-methyl/N-ethyl adjacent to an activating group) is 1. The van der Waals surface area contributed by atoms with Crippen LogP contribution >= 0.6 is 15.9 Å². The first kappa shape index (κ1) is 31.0. The summed E-state index contributed by atoms with van der Waals surface area (Å²) < 4.78 is 42.5. The molecule has 2 aromatic carbocycles. The number of alkyl halides is 3. The van der Waals surface area contributed by atoms with E-state index < -0.39 is 35.6 Å². The van der Waals surface area contributed by atoms with Crippen molar-refractivity contribution in [1.82, 2.24) is 19.6 Å². The van der Waals surface area contributed by atoms with Crippen molar-refractivity contribution in [3.05, 3.63) is 75.4 Å². The normalized spacial score (nSPS) is 21.8. The van der Waals surface area contributed by atoms with Gasteiger partial charge in [0.1, 0.15) is 18.2 Å². The van der Waals surface area contributed by atoms with Gasteiger partial charge in [0.25, 0.3) is 5.91 Å².